The molecule has 0 bridgehead atoms. The molecule has 0 saturated carbocycles. The van der Waals surface area contributed by atoms with Gasteiger partial charge in [0.25, 0.3) is 5.91 Å². The second kappa shape index (κ2) is 8.69. The Balaban J connectivity index is 1.47. The third kappa shape index (κ3) is 4.45. The van der Waals surface area contributed by atoms with Crippen molar-refractivity contribution in [3.63, 3.8) is 0 Å². The van der Waals surface area contributed by atoms with Crippen LogP contribution in [0, 0.1) is 0 Å². The zero-order chi connectivity index (χ0) is 20.2. The van der Waals surface area contributed by atoms with Crippen molar-refractivity contribution in [1.29, 1.82) is 0 Å². The number of nitrogens with one attached hydrogen (secondary N) is 1. The molecule has 2 aliphatic heterocycles. The van der Waals surface area contributed by atoms with E-state index in [1.807, 2.05) is 42.5 Å². The lowest BCUT2D eigenvalue weighted by molar-refractivity contribution is -0.160. The van der Waals surface area contributed by atoms with Crippen molar-refractivity contribution in [3.05, 3.63) is 60.2 Å². The van der Waals surface area contributed by atoms with Crippen LogP contribution in [0.3, 0.4) is 0 Å². The van der Waals surface area contributed by atoms with Gasteiger partial charge in [-0.05, 0) is 25.0 Å². The predicted octanol–water partition coefficient (Wildman–Crippen LogP) is 3.40. The summed E-state index contributed by atoms with van der Waals surface area (Å²) in [5, 5.41) is 2.24. The lowest BCUT2D eigenvalue weighted by Crippen LogP contribution is -2.36. The summed E-state index contributed by atoms with van der Waals surface area (Å²) in [6, 6.07) is 16.5. The van der Waals surface area contributed by atoms with Gasteiger partial charge in [0, 0.05) is 23.5 Å². The molecule has 2 atom stereocenters. The third-order valence-electron chi connectivity index (χ3n) is 5.05. The molecule has 0 aromatic heterocycles. The molecule has 1 saturated heterocycles. The van der Waals surface area contributed by atoms with Crippen LogP contribution in [0.1, 0.15) is 30.9 Å². The monoisotopic (exact) mass is 410 g/mol. The summed E-state index contributed by atoms with van der Waals surface area (Å²) < 4.78 is 5.63. The Kier molecular flexibility index (Phi) is 5.85. The topological polar surface area (TPSA) is 75.7 Å². The number of rotatable bonds is 5. The van der Waals surface area contributed by atoms with Crippen molar-refractivity contribution in [3.8, 4) is 0 Å². The average Bonchev–Trinajstić information content (AvgIpc) is 3.28. The van der Waals surface area contributed by atoms with Gasteiger partial charge in [0.1, 0.15) is 0 Å². The molecule has 2 amide bonds. The molecule has 2 aliphatic rings. The third-order valence-corrected chi connectivity index (χ3v) is 6.33. The summed E-state index contributed by atoms with van der Waals surface area (Å²) in [6.07, 6.45) is 0.839. The average molecular weight is 410 g/mol. The first-order valence-electron chi connectivity index (χ1n) is 9.71. The standard InChI is InChI=1S/C22H22N2O4S/c25-19(14-18-21(26)23-16-10-4-5-11-17(16)29-18)28-20(15-8-2-1-3-9-15)22(27)24-12-6-7-13-24/h1-5,8-11,18,20H,6-7,12-14H2,(H,23,26)/t18-,20-/m1/s1. The van der Waals surface area contributed by atoms with Crippen molar-refractivity contribution in [1.82, 2.24) is 4.90 Å². The second-order valence-electron chi connectivity index (χ2n) is 7.11. The Morgan fingerprint density at radius 3 is 2.52 bits per heavy atom. The van der Waals surface area contributed by atoms with E-state index in [1.54, 1.807) is 17.0 Å². The summed E-state index contributed by atoms with van der Waals surface area (Å²) >= 11 is 1.34. The summed E-state index contributed by atoms with van der Waals surface area (Å²) in [5.74, 6) is -0.987. The van der Waals surface area contributed by atoms with Gasteiger partial charge in [0.2, 0.25) is 12.0 Å². The number of benzene rings is 2. The fourth-order valence-electron chi connectivity index (χ4n) is 3.55. The number of ether oxygens (including phenoxy) is 1. The minimum absolute atomic E-state index is 0.0958. The fraction of sp³-hybridized carbons (Fsp3) is 0.318. The molecule has 29 heavy (non-hydrogen) atoms. The van der Waals surface area contributed by atoms with E-state index in [-0.39, 0.29) is 18.2 Å². The number of para-hydroxylation sites is 1. The summed E-state index contributed by atoms with van der Waals surface area (Å²) in [6.45, 7) is 1.36. The maximum absolute atomic E-state index is 13.0. The normalized spacial score (nSPS) is 19.2. The van der Waals surface area contributed by atoms with E-state index < -0.39 is 17.3 Å². The lowest BCUT2D eigenvalue weighted by atomic mass is 10.1. The Hall–Kier alpha value is -2.80. The molecule has 0 aliphatic carbocycles. The van der Waals surface area contributed by atoms with Crippen LogP contribution < -0.4 is 5.32 Å². The van der Waals surface area contributed by atoms with E-state index in [0.29, 0.717) is 18.7 Å². The first kappa shape index (κ1) is 19.5. The van der Waals surface area contributed by atoms with Gasteiger partial charge in [-0.2, -0.15) is 0 Å². The van der Waals surface area contributed by atoms with Gasteiger partial charge in [0.05, 0.1) is 17.4 Å². The lowest BCUT2D eigenvalue weighted by Gasteiger charge is -2.26. The molecule has 1 N–H and O–H groups in total. The van der Waals surface area contributed by atoms with Crippen LogP contribution >= 0.6 is 11.8 Å². The first-order chi connectivity index (χ1) is 14.1. The molecule has 2 heterocycles. The molecule has 150 valence electrons. The van der Waals surface area contributed by atoms with Gasteiger partial charge in [-0.25, -0.2) is 0 Å². The number of hydrogen-bond acceptors (Lipinski definition) is 5. The molecule has 0 spiro atoms. The van der Waals surface area contributed by atoms with Crippen LogP contribution in [0.2, 0.25) is 0 Å². The largest absolute Gasteiger partial charge is 0.447 e. The van der Waals surface area contributed by atoms with E-state index in [4.69, 9.17) is 4.74 Å². The van der Waals surface area contributed by atoms with Crippen molar-refractivity contribution in [2.24, 2.45) is 0 Å². The molecule has 0 radical (unpaired) electrons. The minimum Gasteiger partial charge on any atom is -0.447 e. The van der Waals surface area contributed by atoms with E-state index in [0.717, 1.165) is 23.4 Å². The number of likely N-dealkylation sites (tertiary alicyclic amines) is 1. The first-order valence-corrected chi connectivity index (χ1v) is 10.6. The van der Waals surface area contributed by atoms with Crippen LogP contribution in [0.4, 0.5) is 5.69 Å². The van der Waals surface area contributed by atoms with Crippen molar-refractivity contribution in [2.75, 3.05) is 18.4 Å². The summed E-state index contributed by atoms with van der Waals surface area (Å²) in [5.41, 5.74) is 1.39. The Labute approximate surface area is 173 Å². The number of amides is 2. The van der Waals surface area contributed by atoms with Crippen LogP contribution in [0.5, 0.6) is 0 Å². The fourth-order valence-corrected chi connectivity index (χ4v) is 4.65. The number of nitrogens with zero attached hydrogens (tertiary/aromatic N) is 1. The number of carbonyl (C=O) groups is 3. The summed E-state index contributed by atoms with van der Waals surface area (Å²) in [4.78, 5) is 40.7. The summed E-state index contributed by atoms with van der Waals surface area (Å²) in [7, 11) is 0. The Bertz CT molecular complexity index is 912. The quantitative estimate of drug-likeness (QED) is 0.765. The number of hydrogen-bond donors (Lipinski definition) is 1. The number of fused-ring (bicyclic) bond motifs is 1. The van der Waals surface area contributed by atoms with Crippen LogP contribution in [-0.4, -0.2) is 41.0 Å². The smallest absolute Gasteiger partial charge is 0.308 e. The van der Waals surface area contributed by atoms with E-state index in [1.165, 1.54) is 11.8 Å². The predicted molar refractivity (Wildman–Crippen MR) is 110 cm³/mol. The Morgan fingerprint density at radius 1 is 1.07 bits per heavy atom. The second-order valence-corrected chi connectivity index (χ2v) is 8.35. The molecular formula is C22H22N2O4S. The van der Waals surface area contributed by atoms with Crippen molar-refractivity contribution in [2.45, 2.75) is 35.5 Å². The highest BCUT2D eigenvalue weighted by molar-refractivity contribution is 8.01. The van der Waals surface area contributed by atoms with E-state index >= 15 is 0 Å². The van der Waals surface area contributed by atoms with E-state index in [9.17, 15) is 14.4 Å². The molecular weight excluding hydrogens is 388 g/mol. The van der Waals surface area contributed by atoms with Gasteiger partial charge < -0.3 is 15.0 Å². The maximum atomic E-state index is 13.0. The van der Waals surface area contributed by atoms with Crippen molar-refractivity contribution >= 4 is 35.2 Å². The van der Waals surface area contributed by atoms with Gasteiger partial charge in [-0.15, -0.1) is 11.8 Å². The highest BCUT2D eigenvalue weighted by atomic mass is 32.2. The van der Waals surface area contributed by atoms with Crippen LogP contribution in [0.25, 0.3) is 0 Å². The molecule has 7 heteroatoms. The number of thioether (sulfide) groups is 1. The molecule has 2 aromatic rings. The maximum Gasteiger partial charge on any atom is 0.308 e. The van der Waals surface area contributed by atoms with Gasteiger partial charge in [-0.3, -0.25) is 14.4 Å². The highest BCUT2D eigenvalue weighted by Crippen LogP contribution is 2.37. The number of esters is 1. The van der Waals surface area contributed by atoms with Gasteiger partial charge in [-0.1, -0.05) is 42.5 Å². The SMILES string of the molecule is O=C(C[C@H]1Sc2ccccc2NC1=O)O[C@@H](C(=O)N1CCCC1)c1ccccc1. The van der Waals surface area contributed by atoms with Gasteiger partial charge >= 0.3 is 5.97 Å². The van der Waals surface area contributed by atoms with E-state index in [2.05, 4.69) is 5.32 Å². The van der Waals surface area contributed by atoms with Gasteiger partial charge in [0.15, 0.2) is 0 Å². The van der Waals surface area contributed by atoms with Crippen LogP contribution in [-0.2, 0) is 19.1 Å². The zero-order valence-electron chi connectivity index (χ0n) is 15.9. The molecule has 0 unspecified atom stereocenters. The highest BCUT2D eigenvalue weighted by Gasteiger charge is 2.34. The van der Waals surface area contributed by atoms with Crippen LogP contribution in [0.15, 0.2) is 59.5 Å². The van der Waals surface area contributed by atoms with Crippen molar-refractivity contribution < 1.29 is 19.1 Å². The number of carbonyl (C=O) groups excluding carboxylic acids is 3. The molecule has 2 aromatic carbocycles. The molecule has 1 fully saturated rings. The molecule has 6 nitrogen and oxygen atoms in total. The molecule has 4 rings (SSSR count). The number of anilines is 1. The minimum atomic E-state index is -0.981. The zero-order valence-corrected chi connectivity index (χ0v) is 16.7. The Morgan fingerprint density at radius 2 is 1.76 bits per heavy atom.